The Morgan fingerprint density at radius 1 is 1.47 bits per heavy atom. The van der Waals surface area contributed by atoms with Crippen molar-refractivity contribution >= 4 is 17.5 Å². The van der Waals surface area contributed by atoms with Crippen molar-refractivity contribution in [1.29, 1.82) is 0 Å². The zero-order valence-corrected chi connectivity index (χ0v) is 9.16. The number of hydrogen-bond acceptors (Lipinski definition) is 2. The summed E-state index contributed by atoms with van der Waals surface area (Å²) in [4.78, 5) is 13.5. The van der Waals surface area contributed by atoms with Gasteiger partial charge in [-0.25, -0.2) is 0 Å². The number of carbonyl (C=O) groups excluding carboxylic acids is 1. The number of anilines is 1. The molecule has 0 saturated heterocycles. The zero-order chi connectivity index (χ0) is 10.8. The lowest BCUT2D eigenvalue weighted by Crippen LogP contribution is -2.25. The molecule has 0 fully saturated rings. The third-order valence-electron chi connectivity index (χ3n) is 2.78. The lowest BCUT2D eigenvalue weighted by molar-refractivity contribution is 0.101. The van der Waals surface area contributed by atoms with Gasteiger partial charge in [-0.05, 0) is 37.6 Å². The summed E-state index contributed by atoms with van der Waals surface area (Å²) in [5, 5.41) is 0. The number of carbonyl (C=O) groups is 1. The molecule has 78 valence electrons. The molecular weight excluding hydrogens is 186 g/mol. The molecule has 1 heterocycles. The van der Waals surface area contributed by atoms with Crippen LogP contribution in [0.2, 0.25) is 0 Å². The SMILES string of the molecule is CCN1CC=Cc2cc(C(C)=O)ccc21. The van der Waals surface area contributed by atoms with Gasteiger partial charge in [-0.1, -0.05) is 12.2 Å². The standard InChI is InChI=1S/C13H15NO/c1-3-14-8-4-5-12-9-11(10(2)15)6-7-13(12)14/h4-7,9H,3,8H2,1-2H3. The van der Waals surface area contributed by atoms with Crippen LogP contribution in [0, 0.1) is 0 Å². The highest BCUT2D eigenvalue weighted by atomic mass is 16.1. The summed E-state index contributed by atoms with van der Waals surface area (Å²) < 4.78 is 0. The molecule has 0 atom stereocenters. The molecule has 0 aliphatic carbocycles. The van der Waals surface area contributed by atoms with Crippen LogP contribution >= 0.6 is 0 Å². The topological polar surface area (TPSA) is 20.3 Å². The third-order valence-corrected chi connectivity index (χ3v) is 2.78. The first-order valence-electron chi connectivity index (χ1n) is 5.29. The summed E-state index contributed by atoms with van der Waals surface area (Å²) in [6.45, 7) is 5.70. The second kappa shape index (κ2) is 3.89. The number of ketones is 1. The minimum Gasteiger partial charge on any atom is -0.368 e. The van der Waals surface area contributed by atoms with E-state index in [1.165, 1.54) is 5.69 Å². The van der Waals surface area contributed by atoms with E-state index in [1.54, 1.807) is 6.92 Å². The fourth-order valence-corrected chi connectivity index (χ4v) is 1.90. The van der Waals surface area contributed by atoms with Crippen molar-refractivity contribution in [3.8, 4) is 0 Å². The number of hydrogen-bond donors (Lipinski definition) is 0. The fourth-order valence-electron chi connectivity index (χ4n) is 1.90. The van der Waals surface area contributed by atoms with Crippen LogP contribution in [0.15, 0.2) is 24.3 Å². The summed E-state index contributed by atoms with van der Waals surface area (Å²) in [6.07, 6.45) is 4.23. The number of fused-ring (bicyclic) bond motifs is 1. The van der Waals surface area contributed by atoms with Gasteiger partial charge in [0.15, 0.2) is 5.78 Å². The minimum absolute atomic E-state index is 0.125. The minimum atomic E-state index is 0.125. The predicted molar refractivity (Wildman–Crippen MR) is 63.4 cm³/mol. The molecule has 0 saturated carbocycles. The summed E-state index contributed by atoms with van der Waals surface area (Å²) in [7, 11) is 0. The van der Waals surface area contributed by atoms with Crippen LogP contribution in [0.25, 0.3) is 6.08 Å². The van der Waals surface area contributed by atoms with Crippen molar-refractivity contribution in [1.82, 2.24) is 0 Å². The van der Waals surface area contributed by atoms with Gasteiger partial charge in [-0.2, -0.15) is 0 Å². The summed E-state index contributed by atoms with van der Waals surface area (Å²) in [5.74, 6) is 0.125. The Morgan fingerprint density at radius 2 is 2.27 bits per heavy atom. The molecule has 0 amide bonds. The molecule has 0 aromatic heterocycles. The van der Waals surface area contributed by atoms with Crippen molar-refractivity contribution in [3.05, 3.63) is 35.4 Å². The smallest absolute Gasteiger partial charge is 0.159 e. The van der Waals surface area contributed by atoms with Crippen LogP contribution in [0.3, 0.4) is 0 Å². The molecule has 2 nitrogen and oxygen atoms in total. The van der Waals surface area contributed by atoms with Gasteiger partial charge in [0.2, 0.25) is 0 Å². The number of likely N-dealkylation sites (N-methyl/N-ethyl adjacent to an activating group) is 1. The van der Waals surface area contributed by atoms with Crippen molar-refractivity contribution in [3.63, 3.8) is 0 Å². The number of rotatable bonds is 2. The van der Waals surface area contributed by atoms with Gasteiger partial charge < -0.3 is 4.90 Å². The monoisotopic (exact) mass is 201 g/mol. The first kappa shape index (κ1) is 9.97. The van der Waals surface area contributed by atoms with E-state index in [0.717, 1.165) is 24.2 Å². The summed E-state index contributed by atoms with van der Waals surface area (Å²) in [6, 6.07) is 5.91. The van der Waals surface area contributed by atoms with Gasteiger partial charge in [-0.15, -0.1) is 0 Å². The first-order chi connectivity index (χ1) is 7.22. The maximum atomic E-state index is 11.2. The Bertz CT molecular complexity index is 421. The molecule has 1 aromatic rings. The van der Waals surface area contributed by atoms with Crippen LogP contribution in [-0.4, -0.2) is 18.9 Å². The van der Waals surface area contributed by atoms with E-state index in [0.29, 0.717) is 0 Å². The Labute approximate surface area is 90.2 Å². The van der Waals surface area contributed by atoms with Gasteiger partial charge in [0, 0.05) is 24.3 Å². The predicted octanol–water partition coefficient (Wildman–Crippen LogP) is 2.74. The average molecular weight is 201 g/mol. The molecule has 2 heteroatoms. The number of nitrogens with zero attached hydrogens (tertiary/aromatic N) is 1. The molecule has 0 N–H and O–H groups in total. The maximum Gasteiger partial charge on any atom is 0.159 e. The van der Waals surface area contributed by atoms with Crippen molar-refractivity contribution in [2.24, 2.45) is 0 Å². The van der Waals surface area contributed by atoms with Gasteiger partial charge >= 0.3 is 0 Å². The van der Waals surface area contributed by atoms with E-state index in [-0.39, 0.29) is 5.78 Å². The second-order valence-corrected chi connectivity index (χ2v) is 3.77. The third kappa shape index (κ3) is 1.80. The number of benzene rings is 1. The Balaban J connectivity index is 2.46. The Kier molecular flexibility index (Phi) is 2.58. The molecule has 0 bridgehead atoms. The fraction of sp³-hybridized carbons (Fsp3) is 0.308. The van der Waals surface area contributed by atoms with Gasteiger partial charge in [0.05, 0.1) is 0 Å². The average Bonchev–Trinajstić information content (AvgIpc) is 2.27. The molecule has 0 unspecified atom stereocenters. The van der Waals surface area contributed by atoms with Crippen LogP contribution in [0.5, 0.6) is 0 Å². The highest BCUT2D eigenvalue weighted by molar-refractivity contribution is 5.95. The van der Waals surface area contributed by atoms with Crippen LogP contribution < -0.4 is 4.90 Å². The highest BCUT2D eigenvalue weighted by Gasteiger charge is 2.12. The number of Topliss-reactive ketones (excluding diaryl/α,β-unsaturated/α-hetero) is 1. The van der Waals surface area contributed by atoms with E-state index in [1.807, 2.05) is 18.2 Å². The lowest BCUT2D eigenvalue weighted by Gasteiger charge is -2.26. The van der Waals surface area contributed by atoms with Gasteiger partial charge in [-0.3, -0.25) is 4.79 Å². The molecule has 0 radical (unpaired) electrons. The Hall–Kier alpha value is -1.57. The molecule has 1 aromatic carbocycles. The summed E-state index contributed by atoms with van der Waals surface area (Å²) >= 11 is 0. The van der Waals surface area contributed by atoms with Gasteiger partial charge in [0.1, 0.15) is 0 Å². The molecular formula is C13H15NO. The quantitative estimate of drug-likeness (QED) is 0.686. The summed E-state index contributed by atoms with van der Waals surface area (Å²) in [5.41, 5.74) is 3.16. The second-order valence-electron chi connectivity index (χ2n) is 3.77. The van der Waals surface area contributed by atoms with Crippen LogP contribution in [0.1, 0.15) is 29.8 Å². The van der Waals surface area contributed by atoms with Crippen LogP contribution in [-0.2, 0) is 0 Å². The van der Waals surface area contributed by atoms with Crippen LogP contribution in [0.4, 0.5) is 5.69 Å². The highest BCUT2D eigenvalue weighted by Crippen LogP contribution is 2.26. The zero-order valence-electron chi connectivity index (χ0n) is 9.16. The van der Waals surface area contributed by atoms with E-state index >= 15 is 0 Å². The van der Waals surface area contributed by atoms with E-state index in [2.05, 4.69) is 24.0 Å². The van der Waals surface area contributed by atoms with E-state index in [4.69, 9.17) is 0 Å². The molecule has 1 aliphatic rings. The Morgan fingerprint density at radius 3 is 2.93 bits per heavy atom. The van der Waals surface area contributed by atoms with E-state index in [9.17, 15) is 4.79 Å². The van der Waals surface area contributed by atoms with Gasteiger partial charge in [0.25, 0.3) is 0 Å². The van der Waals surface area contributed by atoms with E-state index < -0.39 is 0 Å². The van der Waals surface area contributed by atoms with Crippen molar-refractivity contribution in [2.45, 2.75) is 13.8 Å². The normalized spacial score (nSPS) is 13.9. The van der Waals surface area contributed by atoms with Crippen molar-refractivity contribution < 1.29 is 4.79 Å². The first-order valence-corrected chi connectivity index (χ1v) is 5.29. The van der Waals surface area contributed by atoms with Crippen molar-refractivity contribution in [2.75, 3.05) is 18.0 Å². The molecule has 0 spiro atoms. The lowest BCUT2D eigenvalue weighted by atomic mass is 10.0. The molecule has 2 rings (SSSR count). The maximum absolute atomic E-state index is 11.2. The largest absolute Gasteiger partial charge is 0.368 e. The molecule has 15 heavy (non-hydrogen) atoms. The molecule has 1 aliphatic heterocycles.